The Hall–Kier alpha value is -3.67. The fourth-order valence-electron chi connectivity index (χ4n) is 2.75. The molecular formula is C23H24N4O2. The summed E-state index contributed by atoms with van der Waals surface area (Å²) in [7, 11) is 1.60. The van der Waals surface area contributed by atoms with Crippen LogP contribution in [0.2, 0.25) is 0 Å². The highest BCUT2D eigenvalue weighted by molar-refractivity contribution is 5.97. The summed E-state index contributed by atoms with van der Waals surface area (Å²) in [4.78, 5) is 25.8. The van der Waals surface area contributed by atoms with Crippen molar-refractivity contribution in [2.24, 2.45) is 0 Å². The second-order valence-corrected chi connectivity index (χ2v) is 6.90. The summed E-state index contributed by atoms with van der Waals surface area (Å²) in [5.41, 5.74) is 3.81. The average Bonchev–Trinajstić information content (AvgIpc) is 3.16. The lowest BCUT2D eigenvalue weighted by Crippen LogP contribution is -2.33. The van der Waals surface area contributed by atoms with Crippen LogP contribution in [0.4, 0.5) is 5.69 Å². The molecule has 1 N–H and O–H groups in total. The third-order valence-corrected chi connectivity index (χ3v) is 4.35. The first-order valence-corrected chi connectivity index (χ1v) is 9.36. The minimum absolute atomic E-state index is 0.0235. The first kappa shape index (κ1) is 20.1. The van der Waals surface area contributed by atoms with E-state index in [1.54, 1.807) is 19.3 Å². The first-order valence-electron chi connectivity index (χ1n) is 9.36. The number of aromatic nitrogens is 2. The highest BCUT2D eigenvalue weighted by atomic mass is 16.2. The molecule has 0 spiro atoms. The number of aryl methyl sites for hydroxylation is 1. The minimum Gasteiger partial charge on any atom is -0.333 e. The number of nitrogens with one attached hydrogen (secondary N) is 1. The van der Waals surface area contributed by atoms with Gasteiger partial charge in [-0.2, -0.15) is 5.10 Å². The molecule has 6 heteroatoms. The Labute approximate surface area is 170 Å². The lowest BCUT2D eigenvalue weighted by molar-refractivity contribution is -0.129. The Kier molecular flexibility index (Phi) is 6.58. The van der Waals surface area contributed by atoms with E-state index < -0.39 is 0 Å². The maximum atomic E-state index is 12.3. The van der Waals surface area contributed by atoms with Crippen molar-refractivity contribution < 1.29 is 9.59 Å². The summed E-state index contributed by atoms with van der Waals surface area (Å²) in [6.07, 6.45) is 6.73. The minimum atomic E-state index is -0.250. The average molecular weight is 388 g/mol. The Morgan fingerprint density at radius 1 is 1.10 bits per heavy atom. The summed E-state index contributed by atoms with van der Waals surface area (Å²) in [5, 5.41) is 7.10. The predicted molar refractivity (Wildman–Crippen MR) is 114 cm³/mol. The molecule has 0 aliphatic rings. The van der Waals surface area contributed by atoms with Gasteiger partial charge in [0.05, 0.1) is 19.3 Å². The number of rotatable bonds is 7. The number of nitrogens with zero attached hydrogens (tertiary/aromatic N) is 3. The van der Waals surface area contributed by atoms with Crippen molar-refractivity contribution in [1.29, 1.82) is 0 Å². The normalized spacial score (nSPS) is 10.8. The van der Waals surface area contributed by atoms with Crippen molar-refractivity contribution in [3.8, 4) is 0 Å². The van der Waals surface area contributed by atoms with Crippen molar-refractivity contribution in [3.05, 3.63) is 89.8 Å². The quantitative estimate of drug-likeness (QED) is 0.631. The highest BCUT2D eigenvalue weighted by Gasteiger charge is 2.11. The molecule has 148 valence electrons. The maximum absolute atomic E-state index is 12.3. The summed E-state index contributed by atoms with van der Waals surface area (Å²) >= 11 is 0. The van der Waals surface area contributed by atoms with Gasteiger partial charge in [0.1, 0.15) is 0 Å². The van der Waals surface area contributed by atoms with Crippen LogP contribution in [0.15, 0.2) is 73.1 Å². The van der Waals surface area contributed by atoms with Crippen LogP contribution in [-0.4, -0.2) is 40.1 Å². The molecule has 0 atom stereocenters. The van der Waals surface area contributed by atoms with Crippen molar-refractivity contribution >= 4 is 23.6 Å². The molecule has 1 aromatic heterocycles. The molecule has 3 aromatic rings. The fourth-order valence-corrected chi connectivity index (χ4v) is 2.75. The second-order valence-electron chi connectivity index (χ2n) is 6.90. The van der Waals surface area contributed by atoms with Gasteiger partial charge >= 0.3 is 0 Å². The lowest BCUT2D eigenvalue weighted by atomic mass is 10.2. The molecule has 2 amide bonds. The zero-order valence-electron chi connectivity index (χ0n) is 16.6. The summed E-state index contributed by atoms with van der Waals surface area (Å²) < 4.78 is 1.82. The second kappa shape index (κ2) is 9.50. The van der Waals surface area contributed by atoms with Crippen molar-refractivity contribution in [2.75, 3.05) is 18.9 Å². The van der Waals surface area contributed by atoms with Gasteiger partial charge in [-0.15, -0.1) is 0 Å². The van der Waals surface area contributed by atoms with Crippen molar-refractivity contribution in [2.45, 2.75) is 13.5 Å². The Morgan fingerprint density at radius 2 is 1.83 bits per heavy atom. The Balaban J connectivity index is 1.50. The number of benzene rings is 2. The predicted octanol–water partition coefficient (Wildman–Crippen LogP) is 3.35. The van der Waals surface area contributed by atoms with Gasteiger partial charge in [-0.1, -0.05) is 48.0 Å². The van der Waals surface area contributed by atoms with Crippen LogP contribution in [0.1, 0.15) is 16.7 Å². The molecular weight excluding hydrogens is 364 g/mol. The topological polar surface area (TPSA) is 67.2 Å². The zero-order valence-corrected chi connectivity index (χ0v) is 16.6. The van der Waals surface area contributed by atoms with Crippen LogP contribution in [0.5, 0.6) is 0 Å². The number of carbonyl (C=O) groups excluding carboxylic acids is 2. The van der Waals surface area contributed by atoms with Crippen LogP contribution in [0.25, 0.3) is 6.08 Å². The van der Waals surface area contributed by atoms with Crippen molar-refractivity contribution in [3.63, 3.8) is 0 Å². The fraction of sp³-hybridized carbons (Fsp3) is 0.174. The van der Waals surface area contributed by atoms with Crippen LogP contribution < -0.4 is 5.32 Å². The molecule has 0 saturated heterocycles. The Morgan fingerprint density at radius 3 is 2.55 bits per heavy atom. The van der Waals surface area contributed by atoms with E-state index in [2.05, 4.69) is 10.4 Å². The molecule has 0 saturated carbocycles. The number of anilines is 1. The monoisotopic (exact) mass is 388 g/mol. The molecule has 0 radical (unpaired) electrons. The van der Waals surface area contributed by atoms with E-state index in [4.69, 9.17) is 0 Å². The van der Waals surface area contributed by atoms with Gasteiger partial charge < -0.3 is 10.2 Å². The van der Waals surface area contributed by atoms with E-state index in [1.165, 1.54) is 11.0 Å². The highest BCUT2D eigenvalue weighted by Crippen LogP contribution is 2.09. The largest absolute Gasteiger partial charge is 0.333 e. The molecule has 29 heavy (non-hydrogen) atoms. The smallest absolute Gasteiger partial charge is 0.246 e. The number of carbonyl (C=O) groups is 2. The SMILES string of the molecule is Cc1ccc(NC(=O)CN(C)C(=O)/C=C/c2cnn(Cc3ccccc3)c2)cc1. The van der Waals surface area contributed by atoms with Crippen molar-refractivity contribution in [1.82, 2.24) is 14.7 Å². The molecule has 2 aromatic carbocycles. The van der Waals surface area contributed by atoms with Crippen LogP contribution in [0.3, 0.4) is 0 Å². The van der Waals surface area contributed by atoms with Gasteiger partial charge in [-0.05, 0) is 30.7 Å². The molecule has 0 aliphatic carbocycles. The van der Waals surface area contributed by atoms with Gasteiger partial charge in [-0.25, -0.2) is 0 Å². The zero-order chi connectivity index (χ0) is 20.6. The van der Waals surface area contributed by atoms with Gasteiger partial charge in [0, 0.05) is 30.6 Å². The summed E-state index contributed by atoms with van der Waals surface area (Å²) in [5.74, 6) is -0.492. The van der Waals surface area contributed by atoms with E-state index >= 15 is 0 Å². The van der Waals surface area contributed by atoms with E-state index in [1.807, 2.05) is 72.4 Å². The standard InChI is InChI=1S/C23H24N4O2/c1-18-8-11-21(12-9-18)25-22(28)17-26(2)23(29)13-10-20-14-24-27(16-20)15-19-6-4-3-5-7-19/h3-14,16H,15,17H2,1-2H3,(H,25,28)/b13-10+. The Bertz CT molecular complexity index is 991. The number of likely N-dealkylation sites (N-methyl/N-ethyl adjacent to an activating group) is 1. The van der Waals surface area contributed by atoms with Gasteiger partial charge in [-0.3, -0.25) is 14.3 Å². The lowest BCUT2D eigenvalue weighted by Gasteiger charge is -2.14. The third-order valence-electron chi connectivity index (χ3n) is 4.35. The maximum Gasteiger partial charge on any atom is 0.246 e. The molecule has 0 fully saturated rings. The molecule has 0 bridgehead atoms. The summed E-state index contributed by atoms with van der Waals surface area (Å²) in [6.45, 7) is 2.63. The molecule has 1 heterocycles. The van der Waals surface area contributed by atoms with E-state index in [9.17, 15) is 9.59 Å². The van der Waals surface area contributed by atoms with Gasteiger partial charge in [0.25, 0.3) is 0 Å². The molecule has 0 unspecified atom stereocenters. The first-order chi connectivity index (χ1) is 14.0. The van der Waals surface area contributed by atoms with Gasteiger partial charge in [0.15, 0.2) is 0 Å². The van der Waals surface area contributed by atoms with Crippen LogP contribution in [-0.2, 0) is 16.1 Å². The van der Waals surface area contributed by atoms with Crippen LogP contribution >= 0.6 is 0 Å². The van der Waals surface area contributed by atoms with Crippen LogP contribution in [0, 0.1) is 6.92 Å². The van der Waals surface area contributed by atoms with E-state index in [-0.39, 0.29) is 18.4 Å². The third kappa shape index (κ3) is 6.17. The molecule has 0 aliphatic heterocycles. The van der Waals surface area contributed by atoms with E-state index in [0.717, 1.165) is 16.7 Å². The summed E-state index contributed by atoms with van der Waals surface area (Å²) in [6, 6.07) is 17.5. The molecule has 6 nitrogen and oxygen atoms in total. The van der Waals surface area contributed by atoms with Gasteiger partial charge in [0.2, 0.25) is 11.8 Å². The number of hydrogen-bond acceptors (Lipinski definition) is 3. The van der Waals surface area contributed by atoms with E-state index in [0.29, 0.717) is 12.2 Å². The number of amides is 2. The number of hydrogen-bond donors (Lipinski definition) is 1. The molecule has 3 rings (SSSR count).